The van der Waals surface area contributed by atoms with Gasteiger partial charge in [0, 0.05) is 44.3 Å². The Kier molecular flexibility index (Phi) is 4.10. The van der Waals surface area contributed by atoms with Gasteiger partial charge in [0.05, 0.1) is 0 Å². The van der Waals surface area contributed by atoms with Crippen LogP contribution in [0.15, 0.2) is 46.4 Å². The van der Waals surface area contributed by atoms with Gasteiger partial charge >= 0.3 is 5.69 Å². The first kappa shape index (κ1) is 15.2. The van der Waals surface area contributed by atoms with Crippen LogP contribution in [0.4, 0.5) is 0 Å². The first-order valence-electron chi connectivity index (χ1n) is 7.51. The average molecular weight is 314 g/mol. The van der Waals surface area contributed by atoms with E-state index >= 15 is 0 Å². The number of nitrogens with zero attached hydrogens (tertiary/aromatic N) is 4. The zero-order chi connectivity index (χ0) is 16.4. The molecule has 2 aromatic rings. The van der Waals surface area contributed by atoms with Crippen LogP contribution in [0.25, 0.3) is 0 Å². The second-order valence-electron chi connectivity index (χ2n) is 5.74. The van der Waals surface area contributed by atoms with Gasteiger partial charge in [0.25, 0.3) is 5.56 Å². The molecule has 1 fully saturated rings. The number of aromatic nitrogens is 3. The molecule has 120 valence electrons. The minimum absolute atomic E-state index is 0.0658. The van der Waals surface area contributed by atoms with Crippen molar-refractivity contribution in [3.05, 3.63) is 63.2 Å². The molecule has 0 N–H and O–H groups in total. The van der Waals surface area contributed by atoms with Gasteiger partial charge in [-0.1, -0.05) is 6.07 Å². The Morgan fingerprint density at radius 1 is 1.35 bits per heavy atom. The summed E-state index contributed by atoms with van der Waals surface area (Å²) in [6.45, 7) is 0.418. The van der Waals surface area contributed by atoms with E-state index in [1.165, 1.54) is 23.9 Å². The van der Waals surface area contributed by atoms with Crippen LogP contribution in [0.2, 0.25) is 0 Å². The minimum atomic E-state index is -0.483. The van der Waals surface area contributed by atoms with Crippen LogP contribution in [-0.2, 0) is 24.9 Å². The molecule has 1 aliphatic rings. The Labute approximate surface area is 132 Å². The van der Waals surface area contributed by atoms with Crippen molar-refractivity contribution < 1.29 is 4.79 Å². The lowest BCUT2D eigenvalue weighted by molar-refractivity contribution is -0.133. The Hall–Kier alpha value is -2.70. The maximum Gasteiger partial charge on any atom is 0.331 e. The van der Waals surface area contributed by atoms with Crippen molar-refractivity contribution in [3.63, 3.8) is 0 Å². The van der Waals surface area contributed by atoms with Crippen LogP contribution in [0.1, 0.15) is 18.4 Å². The molecule has 0 saturated heterocycles. The summed E-state index contributed by atoms with van der Waals surface area (Å²) in [5.74, 6) is -0.128. The van der Waals surface area contributed by atoms with E-state index in [0.717, 1.165) is 23.0 Å². The maximum atomic E-state index is 12.6. The highest BCUT2D eigenvalue weighted by Gasteiger charge is 2.32. The summed E-state index contributed by atoms with van der Waals surface area (Å²) < 4.78 is 2.26. The van der Waals surface area contributed by atoms with E-state index in [9.17, 15) is 14.4 Å². The third-order valence-corrected chi connectivity index (χ3v) is 3.95. The summed E-state index contributed by atoms with van der Waals surface area (Å²) in [6.07, 6.45) is 6.76. The second kappa shape index (κ2) is 6.20. The molecule has 7 heteroatoms. The SMILES string of the molecule is Cn1c(=O)ccn(CC(=O)N(Cc2cccnc2)C2CC2)c1=O. The van der Waals surface area contributed by atoms with Crippen LogP contribution in [0.3, 0.4) is 0 Å². The van der Waals surface area contributed by atoms with E-state index in [-0.39, 0.29) is 24.1 Å². The molecule has 1 aliphatic carbocycles. The van der Waals surface area contributed by atoms with Gasteiger partial charge in [-0.3, -0.25) is 23.7 Å². The van der Waals surface area contributed by atoms with Gasteiger partial charge in [-0.2, -0.15) is 0 Å². The van der Waals surface area contributed by atoms with Crippen molar-refractivity contribution in [2.24, 2.45) is 7.05 Å². The Morgan fingerprint density at radius 3 is 2.78 bits per heavy atom. The fraction of sp³-hybridized carbons (Fsp3) is 0.375. The zero-order valence-electron chi connectivity index (χ0n) is 12.9. The summed E-state index contributed by atoms with van der Waals surface area (Å²) >= 11 is 0. The van der Waals surface area contributed by atoms with E-state index < -0.39 is 5.69 Å². The number of carbonyl (C=O) groups excluding carboxylic acids is 1. The van der Waals surface area contributed by atoms with Gasteiger partial charge in [-0.05, 0) is 24.5 Å². The Balaban J connectivity index is 1.79. The number of hydrogen-bond donors (Lipinski definition) is 0. The Bertz CT molecular complexity index is 821. The van der Waals surface area contributed by atoms with Gasteiger partial charge in [0.1, 0.15) is 6.54 Å². The van der Waals surface area contributed by atoms with Crippen molar-refractivity contribution in [1.82, 2.24) is 19.0 Å². The lowest BCUT2D eigenvalue weighted by atomic mass is 10.2. The first-order valence-corrected chi connectivity index (χ1v) is 7.51. The molecule has 0 atom stereocenters. The fourth-order valence-electron chi connectivity index (χ4n) is 2.47. The second-order valence-corrected chi connectivity index (χ2v) is 5.74. The molecular formula is C16H18N4O3. The number of carbonyl (C=O) groups is 1. The average Bonchev–Trinajstić information content (AvgIpc) is 3.39. The normalized spacial score (nSPS) is 13.8. The number of amides is 1. The summed E-state index contributed by atoms with van der Waals surface area (Å²) in [6, 6.07) is 5.28. The third-order valence-electron chi connectivity index (χ3n) is 3.95. The molecule has 1 amide bonds. The topological polar surface area (TPSA) is 77.2 Å². The van der Waals surface area contributed by atoms with Crippen LogP contribution in [-0.4, -0.2) is 31.0 Å². The molecule has 2 heterocycles. The van der Waals surface area contributed by atoms with Gasteiger partial charge < -0.3 is 4.90 Å². The summed E-state index contributed by atoms with van der Waals surface area (Å²) in [4.78, 5) is 41.9. The monoisotopic (exact) mass is 314 g/mol. The smallest absolute Gasteiger partial charge is 0.331 e. The van der Waals surface area contributed by atoms with Crippen LogP contribution in [0.5, 0.6) is 0 Å². The standard InChI is InChI=1S/C16H18N4O3/c1-18-14(21)6-8-19(16(18)23)11-15(22)20(13-4-5-13)10-12-3-2-7-17-9-12/h2-3,6-9,13H,4-5,10-11H2,1H3. The van der Waals surface area contributed by atoms with Gasteiger partial charge in [-0.15, -0.1) is 0 Å². The van der Waals surface area contributed by atoms with Crippen LogP contribution >= 0.6 is 0 Å². The molecule has 0 unspecified atom stereocenters. The van der Waals surface area contributed by atoms with Crippen LogP contribution in [0, 0.1) is 0 Å². The molecule has 3 rings (SSSR count). The molecule has 23 heavy (non-hydrogen) atoms. The fourth-order valence-corrected chi connectivity index (χ4v) is 2.47. The minimum Gasteiger partial charge on any atom is -0.334 e. The van der Waals surface area contributed by atoms with Gasteiger partial charge in [0.2, 0.25) is 5.91 Å². The van der Waals surface area contributed by atoms with E-state index in [2.05, 4.69) is 4.98 Å². The largest absolute Gasteiger partial charge is 0.334 e. The molecule has 1 saturated carbocycles. The van der Waals surface area contributed by atoms with E-state index in [4.69, 9.17) is 0 Å². The number of pyridine rings is 1. The Morgan fingerprint density at radius 2 is 2.13 bits per heavy atom. The van der Waals surface area contributed by atoms with Crippen molar-refractivity contribution >= 4 is 5.91 Å². The summed E-state index contributed by atoms with van der Waals surface area (Å²) in [7, 11) is 1.40. The number of hydrogen-bond acceptors (Lipinski definition) is 4. The van der Waals surface area contributed by atoms with Crippen molar-refractivity contribution in [1.29, 1.82) is 0 Å². The first-order chi connectivity index (χ1) is 11.1. The molecule has 2 aromatic heterocycles. The third kappa shape index (κ3) is 3.39. The lowest BCUT2D eigenvalue weighted by Crippen LogP contribution is -2.42. The zero-order valence-corrected chi connectivity index (χ0v) is 12.9. The number of rotatable bonds is 5. The molecule has 0 bridgehead atoms. The summed E-state index contributed by atoms with van der Waals surface area (Å²) in [5.41, 5.74) is 0.0941. The molecule has 0 aromatic carbocycles. The van der Waals surface area contributed by atoms with E-state index in [1.807, 2.05) is 12.1 Å². The molecule has 0 aliphatic heterocycles. The highest BCUT2D eigenvalue weighted by molar-refractivity contribution is 5.76. The lowest BCUT2D eigenvalue weighted by Gasteiger charge is -2.23. The van der Waals surface area contributed by atoms with Crippen molar-refractivity contribution in [2.45, 2.75) is 32.0 Å². The van der Waals surface area contributed by atoms with Gasteiger partial charge in [-0.25, -0.2) is 4.79 Å². The van der Waals surface area contributed by atoms with Crippen LogP contribution < -0.4 is 11.2 Å². The highest BCUT2D eigenvalue weighted by atomic mass is 16.2. The van der Waals surface area contributed by atoms with Crippen molar-refractivity contribution in [3.8, 4) is 0 Å². The van der Waals surface area contributed by atoms with E-state index in [0.29, 0.717) is 6.54 Å². The predicted octanol–water partition coefficient (Wildman–Crippen LogP) is 0.133. The maximum absolute atomic E-state index is 12.6. The molecule has 0 radical (unpaired) electrons. The highest BCUT2D eigenvalue weighted by Crippen LogP contribution is 2.28. The summed E-state index contributed by atoms with van der Waals surface area (Å²) in [5, 5.41) is 0. The molecule has 7 nitrogen and oxygen atoms in total. The predicted molar refractivity (Wildman–Crippen MR) is 83.8 cm³/mol. The van der Waals surface area contributed by atoms with E-state index in [1.54, 1.807) is 17.3 Å². The molecular weight excluding hydrogens is 296 g/mol. The van der Waals surface area contributed by atoms with Crippen molar-refractivity contribution in [2.75, 3.05) is 0 Å². The van der Waals surface area contributed by atoms with Gasteiger partial charge in [0.15, 0.2) is 0 Å². The quantitative estimate of drug-likeness (QED) is 0.786. The molecule has 0 spiro atoms.